The van der Waals surface area contributed by atoms with E-state index in [1.54, 1.807) is 0 Å². The number of benzene rings is 1. The Bertz CT molecular complexity index is 460. The highest BCUT2D eigenvalue weighted by molar-refractivity contribution is 9.10. The molecule has 3 heteroatoms. The topological polar surface area (TPSA) is 12.5 Å². The molecule has 2 atom stereocenters. The van der Waals surface area contributed by atoms with Crippen LogP contribution >= 0.6 is 15.9 Å². The summed E-state index contributed by atoms with van der Waals surface area (Å²) in [6.45, 7) is 2.90. The van der Waals surface area contributed by atoms with Crippen LogP contribution < -0.4 is 0 Å². The zero-order valence-corrected chi connectivity index (χ0v) is 12.7. The maximum Gasteiger partial charge on any atom is 0.0953 e. The van der Waals surface area contributed by atoms with E-state index in [1.807, 2.05) is 0 Å². The fourth-order valence-electron chi connectivity index (χ4n) is 2.98. The first-order valence-electron chi connectivity index (χ1n) is 7.11. The van der Waals surface area contributed by atoms with Crippen LogP contribution in [0, 0.1) is 0 Å². The highest BCUT2D eigenvalue weighted by atomic mass is 79.9. The lowest BCUT2D eigenvalue weighted by atomic mass is 9.99. The number of hydrogen-bond donors (Lipinski definition) is 0. The zero-order chi connectivity index (χ0) is 13.1. The van der Waals surface area contributed by atoms with Crippen LogP contribution in [0.25, 0.3) is 0 Å². The van der Waals surface area contributed by atoms with Crippen molar-refractivity contribution < 1.29 is 4.74 Å². The number of nitrogens with zero attached hydrogens (tertiary/aromatic N) is 1. The molecule has 2 nitrogen and oxygen atoms in total. The molecule has 2 unspecified atom stereocenters. The number of ether oxygens (including phenoxy) is 1. The minimum Gasteiger partial charge on any atom is -0.371 e. The van der Waals surface area contributed by atoms with Gasteiger partial charge in [-0.15, -0.1) is 0 Å². The van der Waals surface area contributed by atoms with Crippen molar-refractivity contribution in [3.05, 3.63) is 46.5 Å². The van der Waals surface area contributed by atoms with Crippen LogP contribution in [-0.2, 0) is 4.74 Å². The molecule has 3 rings (SSSR count). The van der Waals surface area contributed by atoms with Gasteiger partial charge in [0.05, 0.1) is 12.7 Å². The summed E-state index contributed by atoms with van der Waals surface area (Å²) in [5.74, 6) is 0. The summed E-state index contributed by atoms with van der Waals surface area (Å²) >= 11 is 3.54. The first kappa shape index (κ1) is 13.3. The lowest BCUT2D eigenvalue weighted by Gasteiger charge is -2.38. The first-order valence-corrected chi connectivity index (χ1v) is 7.90. The molecule has 0 radical (unpaired) electrons. The van der Waals surface area contributed by atoms with Gasteiger partial charge in [0.15, 0.2) is 0 Å². The Hall–Kier alpha value is -0.640. The Morgan fingerprint density at radius 1 is 1.32 bits per heavy atom. The molecular formula is C16H20BrNO. The van der Waals surface area contributed by atoms with Gasteiger partial charge in [0.1, 0.15) is 0 Å². The molecule has 1 aliphatic carbocycles. The second-order valence-corrected chi connectivity index (χ2v) is 6.25. The Labute approximate surface area is 123 Å². The van der Waals surface area contributed by atoms with Gasteiger partial charge in [-0.2, -0.15) is 0 Å². The van der Waals surface area contributed by atoms with Crippen molar-refractivity contribution in [1.82, 2.24) is 4.90 Å². The number of allylic oxidation sites excluding steroid dienone is 1. The summed E-state index contributed by atoms with van der Waals surface area (Å²) in [4.78, 5) is 2.57. The standard InChI is InChI=1S/C16H20BrNO/c17-14-6-4-5-13(11-14)16-12-18(9-10-19-16)15-7-2-1-3-8-15/h2,4-7,11,15-16H,1,3,8-10,12H2. The zero-order valence-electron chi connectivity index (χ0n) is 11.1. The van der Waals surface area contributed by atoms with Crippen molar-refractivity contribution in [3.63, 3.8) is 0 Å². The normalized spacial score (nSPS) is 28.5. The molecule has 0 spiro atoms. The van der Waals surface area contributed by atoms with E-state index in [4.69, 9.17) is 4.74 Å². The number of rotatable bonds is 2. The van der Waals surface area contributed by atoms with Crippen LogP contribution in [0.15, 0.2) is 40.9 Å². The van der Waals surface area contributed by atoms with Gasteiger partial charge in [0.2, 0.25) is 0 Å². The third-order valence-electron chi connectivity index (χ3n) is 4.02. The van der Waals surface area contributed by atoms with Gasteiger partial charge in [-0.05, 0) is 37.0 Å². The number of hydrogen-bond acceptors (Lipinski definition) is 2. The second kappa shape index (κ2) is 6.21. The summed E-state index contributed by atoms with van der Waals surface area (Å²) in [5, 5.41) is 0. The van der Waals surface area contributed by atoms with E-state index in [0.29, 0.717) is 6.04 Å². The molecule has 0 saturated carbocycles. The summed E-state index contributed by atoms with van der Waals surface area (Å²) < 4.78 is 7.08. The summed E-state index contributed by atoms with van der Waals surface area (Å²) in [6, 6.07) is 9.10. The summed E-state index contributed by atoms with van der Waals surface area (Å²) in [7, 11) is 0. The van der Waals surface area contributed by atoms with Crippen LogP contribution in [0.2, 0.25) is 0 Å². The minimum absolute atomic E-state index is 0.210. The molecule has 0 bridgehead atoms. The highest BCUT2D eigenvalue weighted by Gasteiger charge is 2.26. The molecule has 0 amide bonds. The van der Waals surface area contributed by atoms with E-state index in [2.05, 4.69) is 57.2 Å². The summed E-state index contributed by atoms with van der Waals surface area (Å²) in [6.07, 6.45) is 8.78. The molecule has 2 aliphatic rings. The Morgan fingerprint density at radius 2 is 2.26 bits per heavy atom. The van der Waals surface area contributed by atoms with Crippen LogP contribution in [-0.4, -0.2) is 30.6 Å². The van der Waals surface area contributed by atoms with Gasteiger partial charge in [0, 0.05) is 23.6 Å². The Morgan fingerprint density at radius 3 is 3.05 bits per heavy atom. The minimum atomic E-state index is 0.210. The van der Waals surface area contributed by atoms with Crippen molar-refractivity contribution in [1.29, 1.82) is 0 Å². The average Bonchev–Trinajstić information content (AvgIpc) is 2.48. The molecule has 1 heterocycles. The fourth-order valence-corrected chi connectivity index (χ4v) is 3.39. The number of morpholine rings is 1. The maximum atomic E-state index is 5.95. The molecule has 1 aromatic rings. The van der Waals surface area contributed by atoms with E-state index >= 15 is 0 Å². The van der Waals surface area contributed by atoms with Crippen LogP contribution in [0.3, 0.4) is 0 Å². The lowest BCUT2D eigenvalue weighted by molar-refractivity contribution is -0.0403. The molecule has 1 aliphatic heterocycles. The van der Waals surface area contributed by atoms with E-state index < -0.39 is 0 Å². The smallest absolute Gasteiger partial charge is 0.0953 e. The molecule has 1 aromatic carbocycles. The van der Waals surface area contributed by atoms with Crippen molar-refractivity contribution in [2.24, 2.45) is 0 Å². The van der Waals surface area contributed by atoms with Crippen molar-refractivity contribution in [2.75, 3.05) is 19.7 Å². The molecule has 1 fully saturated rings. The maximum absolute atomic E-state index is 5.95. The van der Waals surface area contributed by atoms with Crippen LogP contribution in [0.1, 0.15) is 30.9 Å². The molecule has 0 N–H and O–H groups in total. The third kappa shape index (κ3) is 3.28. The van der Waals surface area contributed by atoms with Crippen LogP contribution in [0.4, 0.5) is 0 Å². The van der Waals surface area contributed by atoms with E-state index in [-0.39, 0.29) is 6.10 Å². The molecule has 102 valence electrons. The van der Waals surface area contributed by atoms with Gasteiger partial charge in [-0.3, -0.25) is 4.90 Å². The predicted octanol–water partition coefficient (Wildman–Crippen LogP) is 3.93. The van der Waals surface area contributed by atoms with E-state index in [1.165, 1.54) is 24.8 Å². The van der Waals surface area contributed by atoms with Crippen molar-refractivity contribution in [3.8, 4) is 0 Å². The number of halogens is 1. The lowest BCUT2D eigenvalue weighted by Crippen LogP contribution is -2.44. The fraction of sp³-hybridized carbons (Fsp3) is 0.500. The van der Waals surface area contributed by atoms with Gasteiger partial charge >= 0.3 is 0 Å². The van der Waals surface area contributed by atoms with Gasteiger partial charge in [-0.25, -0.2) is 0 Å². The monoisotopic (exact) mass is 321 g/mol. The Kier molecular flexibility index (Phi) is 4.36. The molecule has 19 heavy (non-hydrogen) atoms. The molecule has 0 aromatic heterocycles. The van der Waals surface area contributed by atoms with Gasteiger partial charge in [-0.1, -0.05) is 40.2 Å². The van der Waals surface area contributed by atoms with E-state index in [0.717, 1.165) is 24.2 Å². The van der Waals surface area contributed by atoms with E-state index in [9.17, 15) is 0 Å². The van der Waals surface area contributed by atoms with Gasteiger partial charge in [0.25, 0.3) is 0 Å². The van der Waals surface area contributed by atoms with Crippen LogP contribution in [0.5, 0.6) is 0 Å². The quantitative estimate of drug-likeness (QED) is 0.765. The second-order valence-electron chi connectivity index (χ2n) is 5.34. The third-order valence-corrected chi connectivity index (χ3v) is 4.51. The van der Waals surface area contributed by atoms with Crippen molar-refractivity contribution in [2.45, 2.75) is 31.4 Å². The SMILES string of the molecule is Brc1cccc(C2CN(C3C=CCCC3)CCO2)c1. The highest BCUT2D eigenvalue weighted by Crippen LogP contribution is 2.27. The first-order chi connectivity index (χ1) is 9.33. The average molecular weight is 322 g/mol. The molecule has 1 saturated heterocycles. The van der Waals surface area contributed by atoms with Crippen molar-refractivity contribution >= 4 is 15.9 Å². The Balaban J connectivity index is 1.70. The molecular weight excluding hydrogens is 302 g/mol. The van der Waals surface area contributed by atoms with Gasteiger partial charge < -0.3 is 4.74 Å². The predicted molar refractivity (Wildman–Crippen MR) is 81.2 cm³/mol. The largest absolute Gasteiger partial charge is 0.371 e. The summed E-state index contributed by atoms with van der Waals surface area (Å²) in [5.41, 5.74) is 1.28.